The lowest BCUT2D eigenvalue weighted by molar-refractivity contribution is -0.378. The number of anilines is 1. The summed E-state index contributed by atoms with van der Waals surface area (Å²) < 4.78 is 6.29. The molecule has 0 aliphatic carbocycles. The van der Waals surface area contributed by atoms with Gasteiger partial charge in [-0.15, -0.1) is 0 Å². The number of nitrogens with zero attached hydrogens (tertiary/aromatic N) is 1. The van der Waals surface area contributed by atoms with Gasteiger partial charge in [-0.2, -0.15) is 0 Å². The fraction of sp³-hybridized carbons (Fsp3) is 0.444. The van der Waals surface area contributed by atoms with Gasteiger partial charge in [-0.3, -0.25) is 4.90 Å². The number of rotatable bonds is 1. The van der Waals surface area contributed by atoms with Crippen molar-refractivity contribution in [2.75, 3.05) is 31.2 Å². The van der Waals surface area contributed by atoms with Crippen molar-refractivity contribution in [1.82, 2.24) is 0 Å². The number of pyridine rings is 1. The molecule has 0 amide bonds. The maximum atomic E-state index is 5.28. The highest BCUT2D eigenvalue weighted by molar-refractivity contribution is 9.10. The molecule has 1 aliphatic heterocycles. The third kappa shape index (κ3) is 2.19. The van der Waals surface area contributed by atoms with Crippen LogP contribution >= 0.6 is 15.9 Å². The fourth-order valence-electron chi connectivity index (χ4n) is 1.42. The highest BCUT2D eigenvalue weighted by Gasteiger charge is 2.18. The Labute approximate surface area is 85.8 Å². The van der Waals surface area contributed by atoms with E-state index in [1.54, 1.807) is 0 Å². The van der Waals surface area contributed by atoms with Gasteiger partial charge < -0.3 is 4.74 Å². The maximum Gasteiger partial charge on any atom is 0.275 e. The van der Waals surface area contributed by atoms with E-state index in [1.807, 2.05) is 12.1 Å². The zero-order valence-corrected chi connectivity index (χ0v) is 8.88. The van der Waals surface area contributed by atoms with Crippen LogP contribution in [-0.2, 0) is 4.74 Å². The summed E-state index contributed by atoms with van der Waals surface area (Å²) in [4.78, 5) is 5.55. The van der Waals surface area contributed by atoms with Crippen LogP contribution in [0.15, 0.2) is 22.8 Å². The highest BCUT2D eigenvalue weighted by atomic mass is 79.9. The predicted molar refractivity (Wildman–Crippen MR) is 53.7 cm³/mol. The summed E-state index contributed by atoms with van der Waals surface area (Å²) in [6.45, 7) is 3.57. The van der Waals surface area contributed by atoms with E-state index in [0.29, 0.717) is 0 Å². The van der Waals surface area contributed by atoms with Crippen LogP contribution in [0.3, 0.4) is 0 Å². The SMILES string of the molecule is Brc1cccc(N2CCOCC2)[nH+]1. The first-order valence-corrected chi connectivity index (χ1v) is 5.16. The molecular weight excluding hydrogens is 232 g/mol. The Hall–Kier alpha value is -0.610. The van der Waals surface area contributed by atoms with E-state index < -0.39 is 0 Å². The first-order valence-electron chi connectivity index (χ1n) is 4.37. The number of aromatic amines is 1. The first kappa shape index (κ1) is 8.97. The van der Waals surface area contributed by atoms with E-state index >= 15 is 0 Å². The summed E-state index contributed by atoms with van der Waals surface area (Å²) >= 11 is 3.42. The average molecular weight is 244 g/mol. The monoisotopic (exact) mass is 243 g/mol. The summed E-state index contributed by atoms with van der Waals surface area (Å²) in [7, 11) is 0. The van der Waals surface area contributed by atoms with Crippen molar-refractivity contribution in [3.8, 4) is 0 Å². The third-order valence-corrected chi connectivity index (χ3v) is 2.56. The van der Waals surface area contributed by atoms with Crippen LogP contribution in [0.1, 0.15) is 0 Å². The van der Waals surface area contributed by atoms with E-state index in [9.17, 15) is 0 Å². The number of morpholine rings is 1. The Morgan fingerprint density at radius 2 is 2.08 bits per heavy atom. The number of hydrogen-bond donors (Lipinski definition) is 0. The Kier molecular flexibility index (Phi) is 2.80. The Bertz CT molecular complexity index is 287. The summed E-state index contributed by atoms with van der Waals surface area (Å²) in [6, 6.07) is 6.10. The van der Waals surface area contributed by atoms with Gasteiger partial charge in [0.15, 0.2) is 4.60 Å². The summed E-state index contributed by atoms with van der Waals surface area (Å²) in [5.41, 5.74) is 0. The van der Waals surface area contributed by atoms with Gasteiger partial charge in [-0.1, -0.05) is 0 Å². The van der Waals surface area contributed by atoms with E-state index in [-0.39, 0.29) is 0 Å². The first-order chi connectivity index (χ1) is 6.36. The lowest BCUT2D eigenvalue weighted by Gasteiger charge is -2.21. The van der Waals surface area contributed by atoms with E-state index in [2.05, 4.69) is 31.9 Å². The highest BCUT2D eigenvalue weighted by Crippen LogP contribution is 2.10. The van der Waals surface area contributed by atoms with E-state index in [4.69, 9.17) is 4.74 Å². The minimum Gasteiger partial charge on any atom is -0.373 e. The van der Waals surface area contributed by atoms with Crippen molar-refractivity contribution < 1.29 is 9.72 Å². The number of H-pyrrole nitrogens is 1. The van der Waals surface area contributed by atoms with Crippen LogP contribution in [-0.4, -0.2) is 26.3 Å². The smallest absolute Gasteiger partial charge is 0.275 e. The molecule has 2 rings (SSSR count). The van der Waals surface area contributed by atoms with Crippen LogP contribution in [0.25, 0.3) is 0 Å². The molecule has 3 nitrogen and oxygen atoms in total. The molecule has 1 fully saturated rings. The molecule has 1 aromatic heterocycles. The summed E-state index contributed by atoms with van der Waals surface area (Å²) in [6.07, 6.45) is 0. The number of halogens is 1. The minimum atomic E-state index is 0.820. The second kappa shape index (κ2) is 4.07. The molecule has 0 unspecified atom stereocenters. The van der Waals surface area contributed by atoms with E-state index in [0.717, 1.165) is 36.7 Å². The molecule has 1 aliphatic rings. The standard InChI is InChI=1S/C9H11BrN2O/c10-8-2-1-3-9(11-8)12-4-6-13-7-5-12/h1-3H,4-7H2/p+1. The molecule has 0 atom stereocenters. The number of nitrogens with one attached hydrogen (secondary N) is 1. The van der Waals surface area contributed by atoms with Crippen LogP contribution in [0.4, 0.5) is 5.82 Å². The minimum absolute atomic E-state index is 0.820. The second-order valence-electron chi connectivity index (χ2n) is 2.98. The van der Waals surface area contributed by atoms with Crippen LogP contribution < -0.4 is 9.88 Å². The van der Waals surface area contributed by atoms with Crippen molar-refractivity contribution in [3.63, 3.8) is 0 Å². The van der Waals surface area contributed by atoms with Gasteiger partial charge in [-0.05, 0) is 28.1 Å². The van der Waals surface area contributed by atoms with Gasteiger partial charge in [0.2, 0.25) is 0 Å². The molecule has 13 heavy (non-hydrogen) atoms. The molecule has 0 bridgehead atoms. The van der Waals surface area contributed by atoms with Crippen LogP contribution in [0.2, 0.25) is 0 Å². The van der Waals surface area contributed by atoms with Gasteiger partial charge >= 0.3 is 0 Å². The van der Waals surface area contributed by atoms with Gasteiger partial charge in [0.1, 0.15) is 13.1 Å². The predicted octanol–water partition coefficient (Wildman–Crippen LogP) is 1.10. The molecular formula is C9H12BrN2O+. The molecule has 0 saturated carbocycles. The number of aromatic nitrogens is 1. The third-order valence-electron chi connectivity index (χ3n) is 2.10. The quantitative estimate of drug-likeness (QED) is 0.691. The van der Waals surface area contributed by atoms with Crippen LogP contribution in [0.5, 0.6) is 0 Å². The fourth-order valence-corrected chi connectivity index (χ4v) is 1.77. The molecule has 0 aromatic carbocycles. The Morgan fingerprint density at radius 3 is 2.77 bits per heavy atom. The molecule has 1 N–H and O–H groups in total. The van der Waals surface area contributed by atoms with Gasteiger partial charge in [0, 0.05) is 6.07 Å². The molecule has 70 valence electrons. The molecule has 1 saturated heterocycles. The molecule has 1 aromatic rings. The molecule has 0 spiro atoms. The zero-order valence-electron chi connectivity index (χ0n) is 7.29. The van der Waals surface area contributed by atoms with Gasteiger partial charge in [0.25, 0.3) is 5.82 Å². The summed E-state index contributed by atoms with van der Waals surface area (Å²) in [5.74, 6) is 1.15. The lowest BCUT2D eigenvalue weighted by atomic mass is 10.4. The zero-order chi connectivity index (χ0) is 9.10. The summed E-state index contributed by atoms with van der Waals surface area (Å²) in [5, 5.41) is 0. The molecule has 0 radical (unpaired) electrons. The van der Waals surface area contributed by atoms with Crippen LogP contribution in [0, 0.1) is 0 Å². The largest absolute Gasteiger partial charge is 0.373 e. The van der Waals surface area contributed by atoms with Crippen molar-refractivity contribution >= 4 is 21.7 Å². The van der Waals surface area contributed by atoms with Crippen molar-refractivity contribution in [1.29, 1.82) is 0 Å². The molecule has 4 heteroatoms. The topological polar surface area (TPSA) is 26.6 Å². The number of hydrogen-bond acceptors (Lipinski definition) is 2. The van der Waals surface area contributed by atoms with Crippen molar-refractivity contribution in [2.45, 2.75) is 0 Å². The van der Waals surface area contributed by atoms with Gasteiger partial charge in [0.05, 0.1) is 13.2 Å². The number of ether oxygens (including phenoxy) is 1. The second-order valence-corrected chi connectivity index (χ2v) is 3.84. The Morgan fingerprint density at radius 1 is 1.31 bits per heavy atom. The molecule has 2 heterocycles. The normalized spacial score (nSPS) is 17.5. The average Bonchev–Trinajstić information content (AvgIpc) is 2.19. The van der Waals surface area contributed by atoms with Crippen molar-refractivity contribution in [3.05, 3.63) is 22.8 Å². The van der Waals surface area contributed by atoms with Crippen molar-refractivity contribution in [2.24, 2.45) is 0 Å². The van der Waals surface area contributed by atoms with Gasteiger partial charge in [-0.25, -0.2) is 4.98 Å². The Balaban J connectivity index is 2.14. The van der Waals surface area contributed by atoms with E-state index in [1.165, 1.54) is 0 Å². The maximum absolute atomic E-state index is 5.28. The lowest BCUT2D eigenvalue weighted by Crippen LogP contribution is -2.39.